The van der Waals surface area contributed by atoms with Crippen molar-refractivity contribution in [3.63, 3.8) is 0 Å². The maximum atomic E-state index is 5.61. The summed E-state index contributed by atoms with van der Waals surface area (Å²) in [6.45, 7) is 6.03. The molecule has 0 aliphatic heterocycles. The Balaban J connectivity index is 2.13. The van der Waals surface area contributed by atoms with E-state index in [2.05, 4.69) is 35.1 Å². The van der Waals surface area contributed by atoms with Crippen LogP contribution in [0.3, 0.4) is 0 Å². The molecule has 0 aliphatic carbocycles. The Labute approximate surface area is 107 Å². The van der Waals surface area contributed by atoms with Crippen LogP contribution in [0.5, 0.6) is 5.75 Å². The zero-order valence-corrected chi connectivity index (χ0v) is 11.6. The Bertz CT molecular complexity index is 286. The normalized spacial score (nSPS) is 12.4. The first-order valence-corrected chi connectivity index (χ1v) is 6.63. The van der Waals surface area contributed by atoms with E-state index in [0.29, 0.717) is 6.04 Å². The summed E-state index contributed by atoms with van der Waals surface area (Å²) in [7, 11) is 0. The van der Waals surface area contributed by atoms with Gasteiger partial charge in [-0.15, -0.1) is 0 Å². The van der Waals surface area contributed by atoms with E-state index in [-0.39, 0.29) is 0 Å². The lowest BCUT2D eigenvalue weighted by Crippen LogP contribution is -2.29. The average molecular weight is 286 g/mol. The van der Waals surface area contributed by atoms with Gasteiger partial charge in [0, 0.05) is 17.1 Å². The number of hydrogen-bond donors (Lipinski definition) is 1. The summed E-state index contributed by atoms with van der Waals surface area (Å²) < 4.78 is 6.68. The van der Waals surface area contributed by atoms with Crippen molar-refractivity contribution < 1.29 is 4.74 Å². The van der Waals surface area contributed by atoms with Crippen LogP contribution in [0.2, 0.25) is 0 Å². The lowest BCUT2D eigenvalue weighted by Gasteiger charge is -2.13. The smallest absolute Gasteiger partial charge is 0.119 e. The monoisotopic (exact) mass is 285 g/mol. The minimum Gasteiger partial charge on any atom is -0.492 e. The fraction of sp³-hybridized carbons (Fsp3) is 0.538. The molecular formula is C13H20BrNO. The Morgan fingerprint density at radius 3 is 2.62 bits per heavy atom. The summed E-state index contributed by atoms with van der Waals surface area (Å²) in [5.74, 6) is 0.924. The van der Waals surface area contributed by atoms with E-state index in [1.807, 2.05) is 24.3 Å². The molecule has 0 bridgehead atoms. The van der Waals surface area contributed by atoms with Crippen LogP contribution in [-0.4, -0.2) is 19.2 Å². The average Bonchev–Trinajstić information content (AvgIpc) is 2.27. The Morgan fingerprint density at radius 1 is 1.31 bits per heavy atom. The molecule has 1 aromatic carbocycles. The first-order chi connectivity index (χ1) is 7.72. The molecule has 0 aliphatic rings. The molecule has 1 unspecified atom stereocenters. The summed E-state index contributed by atoms with van der Waals surface area (Å²) in [5, 5.41) is 3.43. The molecule has 1 atom stereocenters. The summed E-state index contributed by atoms with van der Waals surface area (Å²) in [6.07, 6.45) is 2.44. The Hall–Kier alpha value is -0.540. The molecule has 0 spiro atoms. The summed E-state index contributed by atoms with van der Waals surface area (Å²) >= 11 is 3.40. The molecule has 3 heteroatoms. The largest absolute Gasteiger partial charge is 0.492 e. The lowest BCUT2D eigenvalue weighted by molar-refractivity contribution is 0.305. The predicted molar refractivity (Wildman–Crippen MR) is 72.0 cm³/mol. The highest BCUT2D eigenvalue weighted by Gasteiger charge is 1.98. The van der Waals surface area contributed by atoms with Crippen molar-refractivity contribution in [3.05, 3.63) is 28.7 Å². The van der Waals surface area contributed by atoms with Crippen molar-refractivity contribution in [1.82, 2.24) is 5.32 Å². The maximum absolute atomic E-state index is 5.61. The van der Waals surface area contributed by atoms with E-state index < -0.39 is 0 Å². The van der Waals surface area contributed by atoms with Crippen LogP contribution in [0.1, 0.15) is 26.7 Å². The zero-order valence-electron chi connectivity index (χ0n) is 10.0. The van der Waals surface area contributed by atoms with Gasteiger partial charge in [0.05, 0.1) is 0 Å². The van der Waals surface area contributed by atoms with Crippen LogP contribution in [0, 0.1) is 0 Å². The van der Waals surface area contributed by atoms with Crippen LogP contribution >= 0.6 is 15.9 Å². The topological polar surface area (TPSA) is 21.3 Å². The van der Waals surface area contributed by atoms with E-state index in [1.165, 1.54) is 12.8 Å². The first-order valence-electron chi connectivity index (χ1n) is 5.84. The Morgan fingerprint density at radius 2 is 2.00 bits per heavy atom. The number of hydrogen-bond acceptors (Lipinski definition) is 2. The number of halogens is 1. The Kier molecular flexibility index (Phi) is 6.50. The predicted octanol–water partition coefficient (Wildman–Crippen LogP) is 3.61. The molecule has 16 heavy (non-hydrogen) atoms. The van der Waals surface area contributed by atoms with Gasteiger partial charge < -0.3 is 10.1 Å². The van der Waals surface area contributed by atoms with Gasteiger partial charge in [0.2, 0.25) is 0 Å². The highest BCUT2D eigenvalue weighted by Crippen LogP contribution is 2.15. The maximum Gasteiger partial charge on any atom is 0.119 e. The second-order valence-electron chi connectivity index (χ2n) is 3.95. The SMILES string of the molecule is CCCC(C)NCCOc1ccc(Br)cc1. The molecular weight excluding hydrogens is 266 g/mol. The standard InChI is InChI=1S/C13H20BrNO/c1-3-4-11(2)15-9-10-16-13-7-5-12(14)6-8-13/h5-8,11,15H,3-4,9-10H2,1-2H3. The van der Waals surface area contributed by atoms with Crippen molar-refractivity contribution >= 4 is 15.9 Å². The van der Waals surface area contributed by atoms with Crippen LogP contribution in [0.25, 0.3) is 0 Å². The molecule has 90 valence electrons. The number of nitrogens with one attached hydrogen (secondary N) is 1. The fourth-order valence-electron chi connectivity index (χ4n) is 1.54. The highest BCUT2D eigenvalue weighted by molar-refractivity contribution is 9.10. The van der Waals surface area contributed by atoms with Gasteiger partial charge in [0.15, 0.2) is 0 Å². The quantitative estimate of drug-likeness (QED) is 0.773. The fourth-order valence-corrected chi connectivity index (χ4v) is 1.80. The van der Waals surface area contributed by atoms with Gasteiger partial charge in [-0.05, 0) is 37.6 Å². The van der Waals surface area contributed by atoms with Crippen LogP contribution in [0.15, 0.2) is 28.7 Å². The third kappa shape index (κ3) is 5.52. The molecule has 0 heterocycles. The van der Waals surface area contributed by atoms with Gasteiger partial charge >= 0.3 is 0 Å². The number of benzene rings is 1. The third-order valence-corrected chi connectivity index (χ3v) is 2.93. The van der Waals surface area contributed by atoms with Crippen molar-refractivity contribution in [2.24, 2.45) is 0 Å². The van der Waals surface area contributed by atoms with Crippen molar-refractivity contribution in [3.8, 4) is 5.75 Å². The van der Waals surface area contributed by atoms with E-state index >= 15 is 0 Å². The molecule has 0 radical (unpaired) electrons. The van der Waals surface area contributed by atoms with Crippen molar-refractivity contribution in [2.45, 2.75) is 32.7 Å². The van der Waals surface area contributed by atoms with Gasteiger partial charge in [0.1, 0.15) is 12.4 Å². The lowest BCUT2D eigenvalue weighted by atomic mass is 10.2. The third-order valence-electron chi connectivity index (χ3n) is 2.40. The van der Waals surface area contributed by atoms with Crippen LogP contribution < -0.4 is 10.1 Å². The van der Waals surface area contributed by atoms with Crippen LogP contribution in [-0.2, 0) is 0 Å². The van der Waals surface area contributed by atoms with E-state index in [1.54, 1.807) is 0 Å². The summed E-state index contributed by atoms with van der Waals surface area (Å²) in [5.41, 5.74) is 0. The van der Waals surface area contributed by atoms with E-state index in [4.69, 9.17) is 4.74 Å². The molecule has 0 aromatic heterocycles. The van der Waals surface area contributed by atoms with Gasteiger partial charge in [-0.1, -0.05) is 29.3 Å². The van der Waals surface area contributed by atoms with Gasteiger partial charge in [-0.25, -0.2) is 0 Å². The molecule has 0 fully saturated rings. The van der Waals surface area contributed by atoms with Crippen LogP contribution in [0.4, 0.5) is 0 Å². The minimum absolute atomic E-state index is 0.582. The van der Waals surface area contributed by atoms with Crippen molar-refractivity contribution in [1.29, 1.82) is 0 Å². The molecule has 1 N–H and O–H groups in total. The van der Waals surface area contributed by atoms with Gasteiger partial charge in [-0.2, -0.15) is 0 Å². The molecule has 1 rings (SSSR count). The molecule has 0 saturated heterocycles. The van der Waals surface area contributed by atoms with E-state index in [0.717, 1.165) is 23.4 Å². The summed E-state index contributed by atoms with van der Waals surface area (Å²) in [6, 6.07) is 8.50. The number of rotatable bonds is 7. The molecule has 1 aromatic rings. The van der Waals surface area contributed by atoms with Crippen molar-refractivity contribution in [2.75, 3.05) is 13.2 Å². The summed E-state index contributed by atoms with van der Waals surface area (Å²) in [4.78, 5) is 0. The van der Waals surface area contributed by atoms with E-state index in [9.17, 15) is 0 Å². The second-order valence-corrected chi connectivity index (χ2v) is 4.86. The highest BCUT2D eigenvalue weighted by atomic mass is 79.9. The zero-order chi connectivity index (χ0) is 11.8. The molecule has 0 amide bonds. The minimum atomic E-state index is 0.582. The molecule has 0 saturated carbocycles. The van der Waals surface area contributed by atoms with Gasteiger partial charge in [0.25, 0.3) is 0 Å². The molecule has 2 nitrogen and oxygen atoms in total. The second kappa shape index (κ2) is 7.69. The van der Waals surface area contributed by atoms with Gasteiger partial charge in [-0.3, -0.25) is 0 Å². The first kappa shape index (κ1) is 13.5. The number of ether oxygens (including phenoxy) is 1.